The molecule has 0 bridgehead atoms. The number of benzene rings is 1. The second-order valence-corrected chi connectivity index (χ2v) is 7.29. The zero-order chi connectivity index (χ0) is 21.8. The number of halogens is 1. The van der Waals surface area contributed by atoms with Crippen LogP contribution in [-0.4, -0.2) is 39.9 Å². The number of aryl methyl sites for hydroxylation is 1. The third-order valence-electron chi connectivity index (χ3n) is 4.71. The van der Waals surface area contributed by atoms with Gasteiger partial charge in [-0.05, 0) is 31.0 Å². The molecule has 1 aromatic carbocycles. The highest BCUT2D eigenvalue weighted by atomic mass is 35.5. The highest BCUT2D eigenvalue weighted by Gasteiger charge is 2.16. The van der Waals surface area contributed by atoms with Crippen molar-refractivity contribution in [3.05, 3.63) is 55.7 Å². The van der Waals surface area contributed by atoms with E-state index >= 15 is 0 Å². The van der Waals surface area contributed by atoms with Crippen LogP contribution in [0, 0.1) is 0 Å². The van der Waals surface area contributed by atoms with Crippen LogP contribution in [-0.2, 0) is 20.0 Å². The third kappa shape index (κ3) is 4.35. The number of fused-ring (bicyclic) bond motifs is 1. The summed E-state index contributed by atoms with van der Waals surface area (Å²) in [5, 5.41) is 3.85. The maximum absolute atomic E-state index is 12.4. The number of nitrogens with one attached hydrogen (secondary N) is 2. The predicted octanol–water partition coefficient (Wildman–Crippen LogP) is 2.24. The standard InChI is InChI=1S/C20H24ClN5O4/c1-12(21)8-10-26-16-17(25(2)20(28)24-18(16)27)23-19(26)22-9-7-13-5-6-14(29-3)15(11-13)30-4/h5-6,8,11H,7,9-10H2,1-4H3,(H,22,23)(H,24,27,28). The Morgan fingerprint density at radius 2 is 2.00 bits per heavy atom. The number of hydrogen-bond donors (Lipinski definition) is 2. The van der Waals surface area contributed by atoms with Gasteiger partial charge in [-0.25, -0.2) is 4.79 Å². The summed E-state index contributed by atoms with van der Waals surface area (Å²) in [6.07, 6.45) is 2.45. The number of allylic oxidation sites excluding steroid dienone is 2. The number of nitrogens with zero attached hydrogens (tertiary/aromatic N) is 3. The van der Waals surface area contributed by atoms with E-state index in [1.54, 1.807) is 38.8 Å². The van der Waals surface area contributed by atoms with Crippen LogP contribution in [0.4, 0.5) is 5.95 Å². The summed E-state index contributed by atoms with van der Waals surface area (Å²) in [6, 6.07) is 5.73. The fraction of sp³-hybridized carbons (Fsp3) is 0.350. The maximum Gasteiger partial charge on any atom is 0.329 e. The number of ether oxygens (including phenoxy) is 2. The fourth-order valence-electron chi connectivity index (χ4n) is 3.12. The molecule has 0 fully saturated rings. The Labute approximate surface area is 177 Å². The molecule has 0 radical (unpaired) electrons. The number of aromatic nitrogens is 4. The van der Waals surface area contributed by atoms with Gasteiger partial charge in [-0.1, -0.05) is 23.7 Å². The average molecular weight is 434 g/mol. The van der Waals surface area contributed by atoms with Crippen LogP contribution in [0.5, 0.6) is 11.5 Å². The van der Waals surface area contributed by atoms with Crippen molar-refractivity contribution < 1.29 is 9.47 Å². The highest BCUT2D eigenvalue weighted by Crippen LogP contribution is 2.27. The molecule has 2 N–H and O–H groups in total. The first-order valence-corrected chi connectivity index (χ1v) is 9.70. The summed E-state index contributed by atoms with van der Waals surface area (Å²) >= 11 is 5.98. The molecule has 0 aliphatic rings. The fourth-order valence-corrected chi connectivity index (χ4v) is 3.19. The number of H-pyrrole nitrogens is 1. The molecule has 0 aliphatic carbocycles. The Morgan fingerprint density at radius 3 is 2.67 bits per heavy atom. The lowest BCUT2D eigenvalue weighted by atomic mass is 10.1. The first-order chi connectivity index (χ1) is 14.3. The van der Waals surface area contributed by atoms with Gasteiger partial charge in [0, 0.05) is 25.2 Å². The van der Waals surface area contributed by atoms with Gasteiger partial charge in [-0.15, -0.1) is 0 Å². The Kier molecular flexibility index (Phi) is 6.51. The van der Waals surface area contributed by atoms with E-state index in [0.29, 0.717) is 53.2 Å². The second kappa shape index (κ2) is 9.08. The van der Waals surface area contributed by atoms with Crippen molar-refractivity contribution in [3.63, 3.8) is 0 Å². The van der Waals surface area contributed by atoms with Gasteiger partial charge >= 0.3 is 5.69 Å². The first kappa shape index (κ1) is 21.5. The lowest BCUT2D eigenvalue weighted by Gasteiger charge is -2.11. The lowest BCUT2D eigenvalue weighted by molar-refractivity contribution is 0.354. The zero-order valence-electron chi connectivity index (χ0n) is 17.3. The molecule has 0 saturated carbocycles. The second-order valence-electron chi connectivity index (χ2n) is 6.69. The predicted molar refractivity (Wildman–Crippen MR) is 117 cm³/mol. The maximum atomic E-state index is 12.4. The van der Waals surface area contributed by atoms with Gasteiger partial charge in [0.1, 0.15) is 0 Å². The third-order valence-corrected chi connectivity index (χ3v) is 4.86. The quantitative estimate of drug-likeness (QED) is 0.564. The van der Waals surface area contributed by atoms with E-state index in [1.165, 1.54) is 4.57 Å². The number of anilines is 1. The summed E-state index contributed by atoms with van der Waals surface area (Å²) in [6.45, 7) is 2.64. The van der Waals surface area contributed by atoms with E-state index in [2.05, 4.69) is 15.3 Å². The van der Waals surface area contributed by atoms with Gasteiger partial charge in [0.15, 0.2) is 22.7 Å². The van der Waals surface area contributed by atoms with Gasteiger partial charge in [0.05, 0.1) is 14.2 Å². The molecule has 9 nitrogen and oxygen atoms in total. The summed E-state index contributed by atoms with van der Waals surface area (Å²) in [5.74, 6) is 1.80. The van der Waals surface area contributed by atoms with Crippen molar-refractivity contribution in [2.24, 2.45) is 7.05 Å². The average Bonchev–Trinajstić information content (AvgIpc) is 3.09. The molecule has 0 spiro atoms. The van der Waals surface area contributed by atoms with E-state index in [9.17, 15) is 9.59 Å². The molecular formula is C20H24ClN5O4. The topological polar surface area (TPSA) is 103 Å². The molecule has 0 saturated heterocycles. The van der Waals surface area contributed by atoms with Crippen molar-refractivity contribution >= 4 is 28.7 Å². The van der Waals surface area contributed by atoms with Crippen LogP contribution in [0.1, 0.15) is 12.5 Å². The molecule has 2 aromatic heterocycles. The summed E-state index contributed by atoms with van der Waals surface area (Å²) in [5.41, 5.74) is 0.648. The molecular weight excluding hydrogens is 410 g/mol. The lowest BCUT2D eigenvalue weighted by Crippen LogP contribution is -2.29. The smallest absolute Gasteiger partial charge is 0.329 e. The van der Waals surface area contributed by atoms with Crippen LogP contribution in [0.15, 0.2) is 38.9 Å². The summed E-state index contributed by atoms with van der Waals surface area (Å²) in [4.78, 5) is 31.1. The van der Waals surface area contributed by atoms with Gasteiger partial charge in [0.25, 0.3) is 5.56 Å². The molecule has 3 rings (SSSR count). The Bertz CT molecular complexity index is 1200. The minimum Gasteiger partial charge on any atom is -0.493 e. The van der Waals surface area contributed by atoms with Crippen LogP contribution in [0.3, 0.4) is 0 Å². The van der Waals surface area contributed by atoms with Crippen molar-refractivity contribution in [1.29, 1.82) is 0 Å². The van der Waals surface area contributed by atoms with E-state index in [1.807, 2.05) is 18.2 Å². The van der Waals surface area contributed by atoms with Gasteiger partial charge in [-0.2, -0.15) is 4.98 Å². The van der Waals surface area contributed by atoms with E-state index < -0.39 is 11.2 Å². The highest BCUT2D eigenvalue weighted by molar-refractivity contribution is 6.29. The van der Waals surface area contributed by atoms with Gasteiger partial charge in [-0.3, -0.25) is 14.3 Å². The van der Waals surface area contributed by atoms with Gasteiger partial charge < -0.3 is 19.4 Å². The molecule has 0 unspecified atom stereocenters. The molecule has 160 valence electrons. The summed E-state index contributed by atoms with van der Waals surface area (Å²) < 4.78 is 13.6. The Morgan fingerprint density at radius 1 is 1.27 bits per heavy atom. The number of hydrogen-bond acceptors (Lipinski definition) is 6. The normalized spacial score (nSPS) is 11.7. The van der Waals surface area contributed by atoms with Crippen LogP contribution >= 0.6 is 11.6 Å². The van der Waals surface area contributed by atoms with Crippen molar-refractivity contribution in [1.82, 2.24) is 19.1 Å². The van der Waals surface area contributed by atoms with E-state index in [-0.39, 0.29) is 0 Å². The SMILES string of the molecule is COc1ccc(CCNc2nc3c(c(=O)[nH]c(=O)n3C)n2CC=C(C)Cl)cc1OC. The number of aromatic amines is 1. The van der Waals surface area contributed by atoms with Crippen LogP contribution in [0.25, 0.3) is 11.2 Å². The molecule has 0 amide bonds. The van der Waals surface area contributed by atoms with E-state index in [4.69, 9.17) is 21.1 Å². The monoisotopic (exact) mass is 433 g/mol. The molecule has 0 aliphatic heterocycles. The van der Waals surface area contributed by atoms with Crippen molar-refractivity contribution in [3.8, 4) is 11.5 Å². The first-order valence-electron chi connectivity index (χ1n) is 9.32. The molecule has 10 heteroatoms. The largest absolute Gasteiger partial charge is 0.493 e. The van der Waals surface area contributed by atoms with Crippen molar-refractivity contribution in [2.75, 3.05) is 26.1 Å². The minimum absolute atomic E-state index is 0.304. The molecule has 0 atom stereocenters. The minimum atomic E-state index is -0.516. The van der Waals surface area contributed by atoms with Crippen LogP contribution < -0.4 is 26.0 Å². The van der Waals surface area contributed by atoms with Crippen LogP contribution in [0.2, 0.25) is 0 Å². The Balaban J connectivity index is 1.90. The van der Waals surface area contributed by atoms with Crippen molar-refractivity contribution in [2.45, 2.75) is 19.9 Å². The molecule has 2 heterocycles. The number of methoxy groups -OCH3 is 2. The summed E-state index contributed by atoms with van der Waals surface area (Å²) in [7, 11) is 4.75. The number of imidazole rings is 1. The zero-order valence-corrected chi connectivity index (χ0v) is 18.0. The molecule has 30 heavy (non-hydrogen) atoms. The Hall–Kier alpha value is -3.20. The van der Waals surface area contributed by atoms with Gasteiger partial charge in [0.2, 0.25) is 5.95 Å². The van der Waals surface area contributed by atoms with E-state index in [0.717, 1.165) is 5.56 Å². The number of rotatable bonds is 8. The molecule has 3 aromatic rings.